The number of carboxylic acid groups (broad SMARTS) is 1. The Morgan fingerprint density at radius 3 is 2.37 bits per heavy atom. The number of allylic oxidation sites excluding steroid dienone is 1. The van der Waals surface area contributed by atoms with Crippen molar-refractivity contribution in [2.75, 3.05) is 0 Å². The highest BCUT2D eigenvalue weighted by atomic mass is 79.9. The average molecular weight is 326 g/mol. The number of carboxylic acids is 1. The topological polar surface area (TPSA) is 66.4 Å². The highest BCUT2D eigenvalue weighted by molar-refractivity contribution is 9.10. The number of benzene rings is 1. The smallest absolute Gasteiger partial charge is 0.305 e. The molecule has 0 saturated carbocycles. The molecule has 0 saturated heterocycles. The predicted molar refractivity (Wildman–Crippen MR) is 76.7 cm³/mol. The summed E-state index contributed by atoms with van der Waals surface area (Å²) in [6, 6.07) is 6.68. The molecule has 102 valence electrons. The summed E-state index contributed by atoms with van der Waals surface area (Å²) in [6.07, 6.45) is 1.30. The number of hydrogen-bond donors (Lipinski definition) is 2. The van der Waals surface area contributed by atoms with Crippen LogP contribution in [0.3, 0.4) is 0 Å². The molecule has 0 spiro atoms. The minimum absolute atomic E-state index is 0.149. The number of carbonyl (C=O) groups is 2. The van der Waals surface area contributed by atoms with E-state index in [1.807, 2.05) is 26.0 Å². The first-order chi connectivity index (χ1) is 8.88. The van der Waals surface area contributed by atoms with Crippen LogP contribution in [-0.4, -0.2) is 17.0 Å². The predicted octanol–water partition coefficient (Wildman–Crippen LogP) is 3.05. The Balaban J connectivity index is 2.89. The largest absolute Gasteiger partial charge is 0.481 e. The number of amides is 1. The minimum atomic E-state index is -0.953. The van der Waals surface area contributed by atoms with E-state index in [1.54, 1.807) is 12.1 Å². The molecule has 0 fully saturated rings. The molecule has 0 radical (unpaired) electrons. The van der Waals surface area contributed by atoms with Crippen LogP contribution in [0.15, 0.2) is 40.4 Å². The fraction of sp³-hybridized carbons (Fsp3) is 0.286. The maximum atomic E-state index is 11.7. The summed E-state index contributed by atoms with van der Waals surface area (Å²) in [4.78, 5) is 22.6. The average Bonchev–Trinajstić information content (AvgIpc) is 2.27. The first-order valence-corrected chi connectivity index (χ1v) is 6.60. The number of carbonyl (C=O) groups excluding carboxylic acids is 1. The third-order valence-electron chi connectivity index (χ3n) is 2.39. The lowest BCUT2D eigenvalue weighted by Crippen LogP contribution is -2.28. The van der Waals surface area contributed by atoms with Crippen molar-refractivity contribution in [1.29, 1.82) is 0 Å². The van der Waals surface area contributed by atoms with Crippen molar-refractivity contribution < 1.29 is 14.7 Å². The molecule has 1 aromatic rings. The van der Waals surface area contributed by atoms with Crippen LogP contribution in [0.2, 0.25) is 0 Å². The molecule has 4 nitrogen and oxygen atoms in total. The first kappa shape index (κ1) is 15.4. The molecule has 1 rings (SSSR count). The summed E-state index contributed by atoms with van der Waals surface area (Å²) in [5, 5.41) is 11.6. The molecular weight excluding hydrogens is 310 g/mol. The minimum Gasteiger partial charge on any atom is -0.481 e. The molecule has 0 bridgehead atoms. The third-order valence-corrected chi connectivity index (χ3v) is 2.92. The Morgan fingerprint density at radius 1 is 1.32 bits per heavy atom. The van der Waals surface area contributed by atoms with E-state index < -0.39 is 12.0 Å². The highest BCUT2D eigenvalue weighted by Gasteiger charge is 2.17. The van der Waals surface area contributed by atoms with Crippen molar-refractivity contribution in [3.63, 3.8) is 0 Å². The second-order valence-electron chi connectivity index (χ2n) is 4.43. The fourth-order valence-corrected chi connectivity index (χ4v) is 1.86. The summed E-state index contributed by atoms with van der Waals surface area (Å²) in [5.74, 6) is -1.24. The van der Waals surface area contributed by atoms with E-state index in [1.165, 1.54) is 6.08 Å². The van der Waals surface area contributed by atoms with Crippen LogP contribution in [-0.2, 0) is 9.59 Å². The van der Waals surface area contributed by atoms with Crippen molar-refractivity contribution in [1.82, 2.24) is 5.32 Å². The number of aliphatic carboxylic acids is 1. The first-order valence-electron chi connectivity index (χ1n) is 5.81. The summed E-state index contributed by atoms with van der Waals surface area (Å²) >= 11 is 3.32. The SMILES string of the molecule is CC(C)=CC(=O)N[C@H](CC(=O)O)c1ccc(Br)cc1. The summed E-state index contributed by atoms with van der Waals surface area (Å²) in [7, 11) is 0. The lowest BCUT2D eigenvalue weighted by atomic mass is 10.0. The third kappa shape index (κ3) is 5.70. The van der Waals surface area contributed by atoms with E-state index in [0.29, 0.717) is 0 Å². The number of rotatable bonds is 5. The highest BCUT2D eigenvalue weighted by Crippen LogP contribution is 2.19. The van der Waals surface area contributed by atoms with Crippen LogP contribution in [0.5, 0.6) is 0 Å². The van der Waals surface area contributed by atoms with E-state index in [0.717, 1.165) is 15.6 Å². The van der Waals surface area contributed by atoms with E-state index in [-0.39, 0.29) is 12.3 Å². The summed E-state index contributed by atoms with van der Waals surface area (Å²) < 4.78 is 0.904. The van der Waals surface area contributed by atoms with Crippen LogP contribution in [0, 0.1) is 0 Å². The van der Waals surface area contributed by atoms with E-state index in [9.17, 15) is 9.59 Å². The van der Waals surface area contributed by atoms with Crippen molar-refractivity contribution in [3.05, 3.63) is 46.0 Å². The van der Waals surface area contributed by atoms with Crippen molar-refractivity contribution in [3.8, 4) is 0 Å². The molecule has 5 heteroatoms. The Kier molecular flexibility index (Phi) is 5.76. The van der Waals surface area contributed by atoms with Gasteiger partial charge >= 0.3 is 5.97 Å². The number of nitrogens with one attached hydrogen (secondary N) is 1. The maximum absolute atomic E-state index is 11.7. The van der Waals surface area contributed by atoms with Gasteiger partial charge in [-0.05, 0) is 31.5 Å². The molecule has 19 heavy (non-hydrogen) atoms. The molecular formula is C14H16BrNO3. The summed E-state index contributed by atoms with van der Waals surface area (Å²) in [6.45, 7) is 3.62. The zero-order valence-electron chi connectivity index (χ0n) is 10.8. The normalized spacial score (nSPS) is 11.5. The Labute approximate surface area is 120 Å². The van der Waals surface area contributed by atoms with Gasteiger partial charge in [-0.25, -0.2) is 0 Å². The van der Waals surface area contributed by atoms with Gasteiger partial charge in [0.15, 0.2) is 0 Å². The monoisotopic (exact) mass is 325 g/mol. The molecule has 0 aliphatic heterocycles. The Bertz CT molecular complexity index is 490. The van der Waals surface area contributed by atoms with Gasteiger partial charge in [0.05, 0.1) is 12.5 Å². The number of halogens is 1. The van der Waals surface area contributed by atoms with Crippen LogP contribution in [0.4, 0.5) is 0 Å². The molecule has 0 aromatic heterocycles. The van der Waals surface area contributed by atoms with E-state index in [2.05, 4.69) is 21.2 Å². The van der Waals surface area contributed by atoms with Gasteiger partial charge in [-0.1, -0.05) is 33.6 Å². The zero-order chi connectivity index (χ0) is 14.4. The molecule has 0 aliphatic rings. The quantitative estimate of drug-likeness (QED) is 0.817. The lowest BCUT2D eigenvalue weighted by molar-refractivity contribution is -0.137. The van der Waals surface area contributed by atoms with E-state index >= 15 is 0 Å². The maximum Gasteiger partial charge on any atom is 0.305 e. The van der Waals surface area contributed by atoms with Crippen molar-refractivity contribution in [2.24, 2.45) is 0 Å². The van der Waals surface area contributed by atoms with E-state index in [4.69, 9.17) is 5.11 Å². The molecule has 0 unspecified atom stereocenters. The fourth-order valence-electron chi connectivity index (χ4n) is 1.60. The van der Waals surface area contributed by atoms with Gasteiger partial charge in [-0.15, -0.1) is 0 Å². The van der Waals surface area contributed by atoms with Crippen LogP contribution in [0.1, 0.15) is 31.9 Å². The second kappa shape index (κ2) is 7.09. The van der Waals surface area contributed by atoms with Crippen LogP contribution in [0.25, 0.3) is 0 Å². The van der Waals surface area contributed by atoms with Gasteiger partial charge in [0.2, 0.25) is 5.91 Å². The van der Waals surface area contributed by atoms with Gasteiger partial charge < -0.3 is 10.4 Å². The van der Waals surface area contributed by atoms with Crippen LogP contribution >= 0.6 is 15.9 Å². The Morgan fingerprint density at radius 2 is 1.89 bits per heavy atom. The molecule has 0 aliphatic carbocycles. The van der Waals surface area contributed by atoms with Gasteiger partial charge in [-0.3, -0.25) is 9.59 Å². The molecule has 2 N–H and O–H groups in total. The Hall–Kier alpha value is -1.62. The van der Waals surface area contributed by atoms with Crippen molar-refractivity contribution >= 4 is 27.8 Å². The molecule has 1 aromatic carbocycles. The molecule has 1 amide bonds. The van der Waals surface area contributed by atoms with Gasteiger partial charge in [0.25, 0.3) is 0 Å². The lowest BCUT2D eigenvalue weighted by Gasteiger charge is -2.16. The van der Waals surface area contributed by atoms with Gasteiger partial charge in [0, 0.05) is 10.5 Å². The summed E-state index contributed by atoms with van der Waals surface area (Å²) in [5.41, 5.74) is 1.63. The molecule has 1 atom stereocenters. The number of hydrogen-bond acceptors (Lipinski definition) is 2. The van der Waals surface area contributed by atoms with Gasteiger partial charge in [-0.2, -0.15) is 0 Å². The second-order valence-corrected chi connectivity index (χ2v) is 5.35. The standard InChI is InChI=1S/C14H16BrNO3/c1-9(2)7-13(17)16-12(8-14(18)19)10-3-5-11(15)6-4-10/h3-7,12H,8H2,1-2H3,(H,16,17)(H,18,19)/t12-/m1/s1. The van der Waals surface area contributed by atoms with Crippen molar-refractivity contribution in [2.45, 2.75) is 26.3 Å². The molecule has 0 heterocycles. The zero-order valence-corrected chi connectivity index (χ0v) is 12.4. The van der Waals surface area contributed by atoms with Crippen LogP contribution < -0.4 is 5.32 Å². The van der Waals surface area contributed by atoms with Gasteiger partial charge in [0.1, 0.15) is 0 Å².